The van der Waals surface area contributed by atoms with Gasteiger partial charge >= 0.3 is 0 Å². The number of rotatable bonds is 5. The molecule has 0 saturated heterocycles. The van der Waals surface area contributed by atoms with Crippen molar-refractivity contribution < 1.29 is 14.7 Å². The van der Waals surface area contributed by atoms with E-state index in [-0.39, 0.29) is 22.1 Å². The number of anilines is 1. The normalized spacial score (nSPS) is 14.5. The van der Waals surface area contributed by atoms with Crippen LogP contribution in [0.3, 0.4) is 0 Å². The average Bonchev–Trinajstić information content (AvgIpc) is 2.86. The Kier molecular flexibility index (Phi) is 5.95. The van der Waals surface area contributed by atoms with E-state index in [4.69, 9.17) is 39.9 Å². The zero-order valence-corrected chi connectivity index (χ0v) is 16.3. The number of carbonyl (C=O) groups excluding carboxylic acids is 2. The number of carbonyl (C=O) groups is 2. The lowest BCUT2D eigenvalue weighted by molar-refractivity contribution is -0.119. The van der Waals surface area contributed by atoms with E-state index in [0.29, 0.717) is 27.0 Å². The Morgan fingerprint density at radius 2 is 1.62 bits per heavy atom. The first-order valence-electron chi connectivity index (χ1n) is 7.51. The van der Waals surface area contributed by atoms with Crippen LogP contribution in [-0.4, -0.2) is 29.3 Å². The van der Waals surface area contributed by atoms with Gasteiger partial charge in [0.05, 0.1) is 32.8 Å². The van der Waals surface area contributed by atoms with Crippen LogP contribution in [0.25, 0.3) is 5.57 Å². The average molecular weight is 429 g/mol. The van der Waals surface area contributed by atoms with Crippen LogP contribution in [0.1, 0.15) is 5.56 Å². The Hall–Kier alpha value is -1.50. The SMILES string of the molecule is O=C1C(SCCO)=C(c2ccc(Cl)cc2)C(=O)N1c1ccc(Cl)c(Cl)c1. The minimum absolute atomic E-state index is 0.115. The lowest BCUT2D eigenvalue weighted by Gasteiger charge is -2.16. The summed E-state index contributed by atoms with van der Waals surface area (Å²) in [5.74, 6) is -0.631. The number of aliphatic hydroxyl groups is 1. The maximum atomic E-state index is 13.0. The molecular weight excluding hydrogens is 417 g/mol. The number of imide groups is 1. The Bertz CT molecular complexity index is 912. The molecule has 0 fully saturated rings. The minimum Gasteiger partial charge on any atom is -0.396 e. The zero-order valence-electron chi connectivity index (χ0n) is 13.2. The van der Waals surface area contributed by atoms with Gasteiger partial charge in [-0.25, -0.2) is 4.90 Å². The quantitative estimate of drug-likeness (QED) is 0.704. The number of amides is 2. The molecule has 1 N–H and O–H groups in total. The highest BCUT2D eigenvalue weighted by Crippen LogP contribution is 2.39. The molecule has 1 aliphatic rings. The van der Waals surface area contributed by atoms with Crippen LogP contribution in [-0.2, 0) is 9.59 Å². The van der Waals surface area contributed by atoms with E-state index in [1.807, 2.05) is 0 Å². The summed E-state index contributed by atoms with van der Waals surface area (Å²) in [4.78, 5) is 27.3. The number of hydrogen-bond donors (Lipinski definition) is 1. The van der Waals surface area contributed by atoms with E-state index in [1.54, 1.807) is 30.3 Å². The molecule has 26 heavy (non-hydrogen) atoms. The van der Waals surface area contributed by atoms with E-state index in [2.05, 4.69) is 0 Å². The predicted molar refractivity (Wildman–Crippen MR) is 107 cm³/mol. The van der Waals surface area contributed by atoms with Crippen molar-refractivity contribution in [2.75, 3.05) is 17.3 Å². The van der Waals surface area contributed by atoms with Crippen molar-refractivity contribution in [2.24, 2.45) is 0 Å². The molecule has 2 amide bonds. The molecule has 0 aliphatic carbocycles. The number of hydrogen-bond acceptors (Lipinski definition) is 4. The summed E-state index contributed by atoms with van der Waals surface area (Å²) >= 11 is 19.0. The summed E-state index contributed by atoms with van der Waals surface area (Å²) in [6.07, 6.45) is 0. The van der Waals surface area contributed by atoms with Gasteiger partial charge in [-0.2, -0.15) is 0 Å². The number of halogens is 3. The largest absolute Gasteiger partial charge is 0.396 e. The van der Waals surface area contributed by atoms with Gasteiger partial charge in [0.25, 0.3) is 11.8 Å². The van der Waals surface area contributed by atoms with Gasteiger partial charge in [-0.05, 0) is 35.9 Å². The van der Waals surface area contributed by atoms with Gasteiger partial charge in [-0.1, -0.05) is 46.9 Å². The number of aliphatic hydroxyl groups excluding tert-OH is 1. The number of thioether (sulfide) groups is 1. The summed E-state index contributed by atoms with van der Waals surface area (Å²) in [6, 6.07) is 11.2. The summed E-state index contributed by atoms with van der Waals surface area (Å²) in [7, 11) is 0. The molecule has 1 heterocycles. The Balaban J connectivity index is 2.07. The highest BCUT2D eigenvalue weighted by atomic mass is 35.5. The molecular formula is C18H12Cl3NO3S. The molecule has 0 atom stereocenters. The van der Waals surface area contributed by atoms with Crippen molar-refractivity contribution >= 4 is 69.6 Å². The van der Waals surface area contributed by atoms with E-state index in [9.17, 15) is 9.59 Å². The fraction of sp³-hybridized carbons (Fsp3) is 0.111. The molecule has 4 nitrogen and oxygen atoms in total. The molecule has 0 aromatic heterocycles. The molecule has 134 valence electrons. The number of nitrogens with zero attached hydrogens (tertiary/aromatic N) is 1. The molecule has 0 radical (unpaired) electrons. The molecule has 1 aliphatic heterocycles. The monoisotopic (exact) mass is 427 g/mol. The van der Waals surface area contributed by atoms with Gasteiger partial charge in [-0.15, -0.1) is 11.8 Å². The Morgan fingerprint density at radius 1 is 0.923 bits per heavy atom. The minimum atomic E-state index is -0.462. The number of benzene rings is 2. The molecule has 3 rings (SSSR count). The van der Waals surface area contributed by atoms with Crippen LogP contribution in [0, 0.1) is 0 Å². The lowest BCUT2D eigenvalue weighted by atomic mass is 10.1. The predicted octanol–water partition coefficient (Wildman–Crippen LogP) is 4.66. The molecule has 2 aromatic rings. The first-order chi connectivity index (χ1) is 12.4. The van der Waals surface area contributed by atoms with Crippen molar-refractivity contribution in [1.29, 1.82) is 0 Å². The maximum absolute atomic E-state index is 13.0. The fourth-order valence-electron chi connectivity index (χ4n) is 2.52. The highest BCUT2D eigenvalue weighted by Gasteiger charge is 2.40. The van der Waals surface area contributed by atoms with Crippen molar-refractivity contribution in [3.05, 3.63) is 68.0 Å². The summed E-state index contributed by atoms with van der Waals surface area (Å²) in [6.45, 7) is -0.115. The smallest absolute Gasteiger partial charge is 0.272 e. The lowest BCUT2D eigenvalue weighted by Crippen LogP contribution is -2.31. The van der Waals surface area contributed by atoms with Gasteiger partial charge < -0.3 is 5.11 Å². The third kappa shape index (κ3) is 3.63. The molecule has 0 bridgehead atoms. The van der Waals surface area contributed by atoms with Crippen LogP contribution < -0.4 is 4.90 Å². The topological polar surface area (TPSA) is 57.6 Å². The molecule has 0 saturated carbocycles. The van der Waals surface area contributed by atoms with Crippen molar-refractivity contribution in [1.82, 2.24) is 0 Å². The Labute approximate surface area is 169 Å². The van der Waals surface area contributed by atoms with Crippen LogP contribution in [0.5, 0.6) is 0 Å². The zero-order chi connectivity index (χ0) is 18.8. The van der Waals surface area contributed by atoms with Crippen molar-refractivity contribution in [3.8, 4) is 0 Å². The molecule has 0 spiro atoms. The summed E-state index contributed by atoms with van der Waals surface area (Å²) in [5, 5.41) is 10.2. The third-order valence-electron chi connectivity index (χ3n) is 3.67. The van der Waals surface area contributed by atoms with Gasteiger partial charge in [0.2, 0.25) is 0 Å². The van der Waals surface area contributed by atoms with E-state index in [1.165, 1.54) is 12.1 Å². The van der Waals surface area contributed by atoms with Gasteiger partial charge in [0.1, 0.15) is 0 Å². The van der Waals surface area contributed by atoms with E-state index in [0.717, 1.165) is 16.7 Å². The van der Waals surface area contributed by atoms with Crippen LogP contribution in [0.4, 0.5) is 5.69 Å². The van der Waals surface area contributed by atoms with E-state index < -0.39 is 11.8 Å². The van der Waals surface area contributed by atoms with E-state index >= 15 is 0 Å². The Morgan fingerprint density at radius 3 is 2.23 bits per heavy atom. The second-order valence-corrected chi connectivity index (χ2v) is 7.68. The second kappa shape index (κ2) is 8.03. The van der Waals surface area contributed by atoms with Crippen LogP contribution in [0.15, 0.2) is 47.4 Å². The first kappa shape index (κ1) is 19.3. The van der Waals surface area contributed by atoms with Gasteiger partial charge in [-0.3, -0.25) is 9.59 Å². The summed E-state index contributed by atoms with van der Waals surface area (Å²) < 4.78 is 0. The van der Waals surface area contributed by atoms with Crippen LogP contribution in [0.2, 0.25) is 15.1 Å². The van der Waals surface area contributed by atoms with Crippen molar-refractivity contribution in [2.45, 2.75) is 0 Å². The first-order valence-corrected chi connectivity index (χ1v) is 9.63. The van der Waals surface area contributed by atoms with Gasteiger partial charge in [0.15, 0.2) is 0 Å². The summed E-state index contributed by atoms with van der Waals surface area (Å²) in [5.41, 5.74) is 1.19. The molecule has 8 heteroatoms. The second-order valence-electron chi connectivity index (χ2n) is 5.33. The third-order valence-corrected chi connectivity index (χ3v) is 5.72. The highest BCUT2D eigenvalue weighted by molar-refractivity contribution is 8.04. The maximum Gasteiger partial charge on any atom is 0.272 e. The van der Waals surface area contributed by atoms with Gasteiger partial charge in [0, 0.05) is 10.8 Å². The van der Waals surface area contributed by atoms with Crippen LogP contribution >= 0.6 is 46.6 Å². The molecule has 2 aromatic carbocycles. The molecule has 0 unspecified atom stereocenters. The fourth-order valence-corrected chi connectivity index (χ4v) is 3.80. The standard InChI is InChI=1S/C18H12Cl3NO3S/c19-11-3-1-10(2-4-11)15-16(26-8-7-23)18(25)22(17(15)24)12-5-6-13(20)14(21)9-12/h1-6,9,23H,7-8H2. The van der Waals surface area contributed by atoms with Crippen molar-refractivity contribution in [3.63, 3.8) is 0 Å².